The summed E-state index contributed by atoms with van der Waals surface area (Å²) in [6, 6.07) is 0. The molecule has 2 N–H and O–H groups in total. The zero-order chi connectivity index (χ0) is 15.7. The first-order chi connectivity index (χ1) is 10.2. The summed E-state index contributed by atoms with van der Waals surface area (Å²) >= 11 is 1.85. The zero-order valence-electron chi connectivity index (χ0n) is 13.1. The Morgan fingerprint density at radius 1 is 1.19 bits per heavy atom. The van der Waals surface area contributed by atoms with Crippen LogP contribution in [-0.2, 0) is 12.8 Å². The summed E-state index contributed by atoms with van der Waals surface area (Å²) < 4.78 is 0. The van der Waals surface area contributed by atoms with E-state index in [9.17, 15) is 9.90 Å². The lowest BCUT2D eigenvalue weighted by atomic mass is 10.0. The maximum Gasteiger partial charge on any atom is 0.339 e. The van der Waals surface area contributed by atoms with Gasteiger partial charge in [0.25, 0.3) is 0 Å². The first-order valence-corrected chi connectivity index (χ1v) is 8.89. The van der Waals surface area contributed by atoms with Gasteiger partial charge in [0.1, 0.15) is 5.56 Å². The zero-order valence-corrected chi connectivity index (χ0v) is 13.9. The molecule has 0 fully saturated rings. The van der Waals surface area contributed by atoms with E-state index in [1.165, 1.54) is 12.2 Å². The lowest BCUT2D eigenvalue weighted by molar-refractivity contribution is 0.0696. The molecular weight excluding hydrogens is 286 g/mol. The number of hydrogen-bond donors (Lipinski definition) is 2. The Morgan fingerprint density at radius 2 is 1.95 bits per heavy atom. The van der Waals surface area contributed by atoms with Crippen molar-refractivity contribution in [1.29, 1.82) is 0 Å². The summed E-state index contributed by atoms with van der Waals surface area (Å²) in [6.45, 7) is 4.65. The normalized spacial score (nSPS) is 10.6. The van der Waals surface area contributed by atoms with E-state index < -0.39 is 5.97 Å². The van der Waals surface area contributed by atoms with Crippen LogP contribution in [0.25, 0.3) is 0 Å². The molecule has 0 aromatic carbocycles. The minimum Gasteiger partial charge on any atom is -0.478 e. The highest BCUT2D eigenvalue weighted by atomic mass is 32.2. The summed E-state index contributed by atoms with van der Waals surface area (Å²) in [7, 11) is 0. The summed E-state index contributed by atoms with van der Waals surface area (Å²) in [6.07, 6.45) is 6.80. The van der Waals surface area contributed by atoms with Crippen molar-refractivity contribution < 1.29 is 9.90 Å². The van der Waals surface area contributed by atoms with Crippen molar-refractivity contribution in [3.05, 3.63) is 16.8 Å². The van der Waals surface area contributed by atoms with Gasteiger partial charge < -0.3 is 10.4 Å². The topological polar surface area (TPSA) is 75.1 Å². The van der Waals surface area contributed by atoms with E-state index in [-0.39, 0.29) is 5.56 Å². The lowest BCUT2D eigenvalue weighted by Gasteiger charge is -2.13. The Balaban J connectivity index is 2.75. The maximum absolute atomic E-state index is 11.5. The lowest BCUT2D eigenvalue weighted by Crippen LogP contribution is -2.15. The fourth-order valence-corrected chi connectivity index (χ4v) is 2.77. The molecule has 118 valence electrons. The van der Waals surface area contributed by atoms with Crippen LogP contribution in [0.1, 0.15) is 54.7 Å². The van der Waals surface area contributed by atoms with E-state index in [4.69, 9.17) is 0 Å². The number of aryl methyl sites for hydroxylation is 1. The van der Waals surface area contributed by atoms with Gasteiger partial charge in [-0.15, -0.1) is 5.10 Å². The predicted octanol–water partition coefficient (Wildman–Crippen LogP) is 3.24. The van der Waals surface area contributed by atoms with Crippen LogP contribution in [0.3, 0.4) is 0 Å². The number of aromatic nitrogens is 2. The van der Waals surface area contributed by atoms with Gasteiger partial charge in [0.15, 0.2) is 5.82 Å². The van der Waals surface area contributed by atoms with Crippen molar-refractivity contribution in [2.45, 2.75) is 46.0 Å². The molecule has 1 aromatic heterocycles. The second-order valence-electron chi connectivity index (χ2n) is 4.84. The van der Waals surface area contributed by atoms with Gasteiger partial charge in [0, 0.05) is 6.54 Å². The number of unbranched alkanes of at least 4 members (excludes halogenated alkanes) is 2. The van der Waals surface area contributed by atoms with Crippen LogP contribution in [0.4, 0.5) is 5.82 Å². The average Bonchev–Trinajstić information content (AvgIpc) is 2.49. The van der Waals surface area contributed by atoms with Gasteiger partial charge in [-0.1, -0.05) is 20.3 Å². The molecule has 0 spiro atoms. The molecule has 0 unspecified atom stereocenters. The van der Waals surface area contributed by atoms with Gasteiger partial charge in [-0.05, 0) is 43.3 Å². The van der Waals surface area contributed by atoms with Crippen LogP contribution in [0.15, 0.2) is 0 Å². The van der Waals surface area contributed by atoms with E-state index >= 15 is 0 Å². The monoisotopic (exact) mass is 311 g/mol. The Labute approximate surface area is 130 Å². The Hall–Kier alpha value is -1.30. The third kappa shape index (κ3) is 5.19. The maximum atomic E-state index is 11.5. The number of carbonyl (C=O) groups is 1. The summed E-state index contributed by atoms with van der Waals surface area (Å²) in [4.78, 5) is 11.5. The van der Waals surface area contributed by atoms with Gasteiger partial charge in [-0.3, -0.25) is 0 Å². The third-order valence-corrected chi connectivity index (χ3v) is 4.07. The number of nitrogens with one attached hydrogen (secondary N) is 1. The highest BCUT2D eigenvalue weighted by Gasteiger charge is 2.19. The molecular formula is C15H25N3O2S. The SMILES string of the molecule is CCc1nnc(NCCCCCSC)c(C(=O)O)c1CC. The van der Waals surface area contributed by atoms with Crippen molar-refractivity contribution in [2.24, 2.45) is 0 Å². The highest BCUT2D eigenvalue weighted by molar-refractivity contribution is 7.98. The Bertz CT molecular complexity index is 466. The fraction of sp³-hybridized carbons (Fsp3) is 0.667. The number of nitrogens with zero attached hydrogens (tertiary/aromatic N) is 2. The van der Waals surface area contributed by atoms with Crippen LogP contribution in [0.2, 0.25) is 0 Å². The number of hydrogen-bond acceptors (Lipinski definition) is 5. The van der Waals surface area contributed by atoms with E-state index in [0.717, 1.165) is 30.6 Å². The van der Waals surface area contributed by atoms with Gasteiger partial charge in [-0.25, -0.2) is 4.79 Å². The summed E-state index contributed by atoms with van der Waals surface area (Å²) in [5.74, 6) is 0.647. The first-order valence-electron chi connectivity index (χ1n) is 7.50. The second kappa shape index (κ2) is 9.60. The van der Waals surface area contributed by atoms with Crippen molar-refractivity contribution in [1.82, 2.24) is 10.2 Å². The van der Waals surface area contributed by atoms with Crippen molar-refractivity contribution >= 4 is 23.5 Å². The van der Waals surface area contributed by atoms with Crippen LogP contribution >= 0.6 is 11.8 Å². The number of rotatable bonds is 10. The number of carboxylic acid groups (broad SMARTS) is 1. The molecule has 0 saturated heterocycles. The van der Waals surface area contributed by atoms with Crippen molar-refractivity contribution in [3.63, 3.8) is 0 Å². The molecule has 0 aliphatic heterocycles. The van der Waals surface area contributed by atoms with E-state index in [1.54, 1.807) is 0 Å². The standard InChI is InChI=1S/C15H25N3O2S/c1-4-11-12(5-2)17-18-14(13(11)15(19)20)16-9-7-6-8-10-21-3/h4-10H2,1-3H3,(H,16,18)(H,19,20). The summed E-state index contributed by atoms with van der Waals surface area (Å²) in [5, 5.41) is 20.8. The minimum absolute atomic E-state index is 0.286. The first kappa shape index (κ1) is 17.8. The molecule has 0 saturated carbocycles. The molecule has 0 amide bonds. The molecule has 1 rings (SSSR count). The molecule has 0 aliphatic rings. The smallest absolute Gasteiger partial charge is 0.339 e. The molecule has 1 heterocycles. The number of aromatic carboxylic acids is 1. The number of anilines is 1. The number of carboxylic acids is 1. The van der Waals surface area contributed by atoms with Crippen molar-refractivity contribution in [3.8, 4) is 0 Å². The molecule has 0 bridgehead atoms. The van der Waals surface area contributed by atoms with Gasteiger partial charge >= 0.3 is 5.97 Å². The van der Waals surface area contributed by atoms with E-state index in [0.29, 0.717) is 18.7 Å². The van der Waals surface area contributed by atoms with E-state index in [2.05, 4.69) is 21.8 Å². The molecule has 21 heavy (non-hydrogen) atoms. The second-order valence-corrected chi connectivity index (χ2v) is 5.83. The Kier molecular flexibility index (Phi) is 8.12. The quantitative estimate of drug-likeness (QED) is 0.646. The molecule has 0 aliphatic carbocycles. The molecule has 0 radical (unpaired) electrons. The molecule has 5 nitrogen and oxygen atoms in total. The number of thioether (sulfide) groups is 1. The largest absolute Gasteiger partial charge is 0.478 e. The molecule has 1 aromatic rings. The van der Waals surface area contributed by atoms with Crippen LogP contribution < -0.4 is 5.32 Å². The third-order valence-electron chi connectivity index (χ3n) is 3.38. The Morgan fingerprint density at radius 3 is 2.52 bits per heavy atom. The minimum atomic E-state index is -0.929. The van der Waals surface area contributed by atoms with E-state index in [1.807, 2.05) is 25.6 Å². The molecule has 6 heteroatoms. The van der Waals surface area contributed by atoms with Crippen LogP contribution in [-0.4, -0.2) is 39.8 Å². The highest BCUT2D eigenvalue weighted by Crippen LogP contribution is 2.21. The summed E-state index contributed by atoms with van der Waals surface area (Å²) in [5.41, 5.74) is 1.86. The van der Waals surface area contributed by atoms with Gasteiger partial charge in [0.05, 0.1) is 5.69 Å². The van der Waals surface area contributed by atoms with Crippen LogP contribution in [0.5, 0.6) is 0 Å². The van der Waals surface area contributed by atoms with Crippen LogP contribution in [0, 0.1) is 0 Å². The predicted molar refractivity (Wildman–Crippen MR) is 88.5 cm³/mol. The molecule has 0 atom stereocenters. The van der Waals surface area contributed by atoms with Gasteiger partial charge in [-0.2, -0.15) is 16.9 Å². The average molecular weight is 311 g/mol. The van der Waals surface area contributed by atoms with Crippen molar-refractivity contribution in [2.75, 3.05) is 23.9 Å². The van der Waals surface area contributed by atoms with Gasteiger partial charge in [0.2, 0.25) is 0 Å². The fourth-order valence-electron chi connectivity index (χ4n) is 2.28.